The minimum atomic E-state index is -0.688. The molecule has 2 aromatic carbocycles. The van der Waals surface area contributed by atoms with Gasteiger partial charge >= 0.3 is 5.69 Å². The average molecular weight is 387 g/mol. The number of aromatic hydroxyl groups is 1. The summed E-state index contributed by atoms with van der Waals surface area (Å²) in [6.07, 6.45) is 4.19. The Labute approximate surface area is 167 Å². The van der Waals surface area contributed by atoms with Gasteiger partial charge < -0.3 is 5.11 Å². The minimum absolute atomic E-state index is 0.00811. The zero-order valence-corrected chi connectivity index (χ0v) is 16.2. The van der Waals surface area contributed by atoms with Gasteiger partial charge in [-0.1, -0.05) is 44.2 Å². The molecule has 3 aromatic rings. The van der Waals surface area contributed by atoms with E-state index >= 15 is 0 Å². The van der Waals surface area contributed by atoms with Crippen LogP contribution in [0.3, 0.4) is 0 Å². The van der Waals surface area contributed by atoms with E-state index in [1.165, 1.54) is 0 Å². The standard InChI is InChI=1S/C23H21N3O3/c1-3-14(2)15-8-10-17(11-9-15)26-22(28)19(21(27)25-23(26)29)12-16-13-24-20-7-5-4-6-18(16)20/h4-14,28H,3H2,1-2H3,(H,25,27,29). The van der Waals surface area contributed by atoms with Crippen LogP contribution in [0.1, 0.15) is 42.9 Å². The van der Waals surface area contributed by atoms with E-state index in [9.17, 15) is 14.7 Å². The van der Waals surface area contributed by atoms with Crippen molar-refractivity contribution < 1.29 is 5.11 Å². The van der Waals surface area contributed by atoms with Crippen LogP contribution in [-0.4, -0.2) is 20.9 Å². The minimum Gasteiger partial charge on any atom is -0.494 e. The molecule has 6 heteroatoms. The summed E-state index contributed by atoms with van der Waals surface area (Å²) in [6, 6.07) is 14.9. The summed E-state index contributed by atoms with van der Waals surface area (Å²) in [4.78, 5) is 31.4. The Bertz CT molecular complexity index is 1250. The summed E-state index contributed by atoms with van der Waals surface area (Å²) >= 11 is 0. The topological polar surface area (TPSA) is 87.4 Å². The molecule has 0 bridgehead atoms. The molecule has 1 atom stereocenters. The molecule has 1 aliphatic rings. The first-order valence-electron chi connectivity index (χ1n) is 9.53. The first kappa shape index (κ1) is 18.7. The van der Waals surface area contributed by atoms with Crippen molar-refractivity contribution in [3.8, 4) is 11.6 Å². The van der Waals surface area contributed by atoms with Crippen molar-refractivity contribution in [3.63, 3.8) is 0 Å². The first-order chi connectivity index (χ1) is 14.0. The molecule has 0 aliphatic carbocycles. The number of aromatic amines is 1. The van der Waals surface area contributed by atoms with Gasteiger partial charge in [-0.2, -0.15) is 0 Å². The molecule has 4 rings (SSSR count). The van der Waals surface area contributed by atoms with E-state index in [1.54, 1.807) is 24.4 Å². The molecule has 29 heavy (non-hydrogen) atoms. The number of para-hydroxylation sites is 1. The van der Waals surface area contributed by atoms with Crippen molar-refractivity contribution in [3.05, 3.63) is 86.1 Å². The molecule has 1 unspecified atom stereocenters. The Morgan fingerprint density at radius 1 is 1.14 bits per heavy atom. The van der Waals surface area contributed by atoms with Crippen molar-refractivity contribution in [1.29, 1.82) is 0 Å². The highest BCUT2D eigenvalue weighted by molar-refractivity contribution is 6.21. The van der Waals surface area contributed by atoms with Crippen LogP contribution in [0.2, 0.25) is 0 Å². The van der Waals surface area contributed by atoms with Gasteiger partial charge in [-0.3, -0.25) is 14.8 Å². The second-order valence-corrected chi connectivity index (χ2v) is 7.11. The summed E-state index contributed by atoms with van der Waals surface area (Å²) in [6.45, 7) is 4.24. The molecule has 0 amide bonds. The number of H-pyrrole nitrogens is 1. The molecule has 0 spiro atoms. The highest BCUT2D eigenvalue weighted by Crippen LogP contribution is 2.33. The van der Waals surface area contributed by atoms with Gasteiger partial charge in [-0.25, -0.2) is 9.36 Å². The van der Waals surface area contributed by atoms with Gasteiger partial charge in [0.1, 0.15) is 5.56 Å². The number of aromatic nitrogens is 2. The number of rotatable bonds is 4. The lowest BCUT2D eigenvalue weighted by Gasteiger charge is -2.13. The summed E-state index contributed by atoms with van der Waals surface area (Å²) in [5.74, 6) is -0.00714. The first-order valence-corrected chi connectivity index (χ1v) is 9.53. The van der Waals surface area contributed by atoms with Crippen LogP contribution in [0.4, 0.5) is 5.69 Å². The summed E-state index contributed by atoms with van der Waals surface area (Å²) in [5.41, 5.74) is 2.65. The second-order valence-electron chi connectivity index (χ2n) is 7.11. The molecule has 0 radical (unpaired) electrons. The van der Waals surface area contributed by atoms with Crippen LogP contribution >= 0.6 is 0 Å². The number of allylic oxidation sites excluding steroid dienone is 1. The normalized spacial score (nSPS) is 14.9. The molecule has 0 saturated heterocycles. The number of benzene rings is 2. The van der Waals surface area contributed by atoms with Crippen LogP contribution in [0.15, 0.2) is 63.1 Å². The Kier molecular flexibility index (Phi) is 4.76. The molecular weight excluding hydrogens is 366 g/mol. The van der Waals surface area contributed by atoms with E-state index in [0.717, 1.165) is 27.8 Å². The monoisotopic (exact) mass is 387 g/mol. The zero-order chi connectivity index (χ0) is 20.5. The smallest absolute Gasteiger partial charge is 0.335 e. The van der Waals surface area contributed by atoms with Crippen molar-refractivity contribution in [1.82, 2.24) is 9.55 Å². The number of hydrogen-bond acceptors (Lipinski definition) is 4. The molecular formula is C23H21N3O3. The second kappa shape index (κ2) is 7.39. The third kappa shape index (κ3) is 3.33. The van der Waals surface area contributed by atoms with Gasteiger partial charge in [-0.15, -0.1) is 0 Å². The number of nitrogens with one attached hydrogen (secondary N) is 1. The molecule has 1 aromatic heterocycles. The largest absolute Gasteiger partial charge is 0.494 e. The zero-order valence-electron chi connectivity index (χ0n) is 16.2. The molecule has 2 heterocycles. The van der Waals surface area contributed by atoms with E-state index in [2.05, 4.69) is 23.8 Å². The Morgan fingerprint density at radius 3 is 2.59 bits per heavy atom. The third-order valence-corrected chi connectivity index (χ3v) is 5.31. The van der Waals surface area contributed by atoms with Crippen LogP contribution in [0.5, 0.6) is 5.88 Å². The maximum absolute atomic E-state index is 12.4. The van der Waals surface area contributed by atoms with Gasteiger partial charge in [0.25, 0.3) is 5.56 Å². The van der Waals surface area contributed by atoms with Crippen LogP contribution in [0, 0.1) is 0 Å². The molecule has 0 saturated carbocycles. The van der Waals surface area contributed by atoms with Crippen molar-refractivity contribution in [2.45, 2.75) is 26.2 Å². The van der Waals surface area contributed by atoms with E-state index in [0.29, 0.717) is 17.2 Å². The maximum Gasteiger partial charge on any atom is 0.335 e. The fourth-order valence-electron chi connectivity index (χ4n) is 3.41. The van der Waals surface area contributed by atoms with Gasteiger partial charge in [0.2, 0.25) is 5.88 Å². The SMILES string of the molecule is CCC(C)c1ccc(-n2c(O)c(C=C3C=Nc4ccccc43)c(=O)[nH]c2=O)cc1. The number of aliphatic imine (C=N–C) groups is 1. The lowest BCUT2D eigenvalue weighted by atomic mass is 9.98. The van der Waals surface area contributed by atoms with E-state index in [-0.39, 0.29) is 5.56 Å². The number of nitrogens with zero attached hydrogens (tertiary/aromatic N) is 2. The summed E-state index contributed by atoms with van der Waals surface area (Å²) in [5, 5.41) is 10.8. The highest BCUT2D eigenvalue weighted by Gasteiger charge is 2.17. The fraction of sp³-hybridized carbons (Fsp3) is 0.174. The van der Waals surface area contributed by atoms with E-state index in [4.69, 9.17) is 0 Å². The summed E-state index contributed by atoms with van der Waals surface area (Å²) in [7, 11) is 0. The molecule has 2 N–H and O–H groups in total. The average Bonchev–Trinajstić information content (AvgIpc) is 3.14. The lowest BCUT2D eigenvalue weighted by Crippen LogP contribution is -2.30. The van der Waals surface area contributed by atoms with Gasteiger partial charge in [0.15, 0.2) is 0 Å². The Morgan fingerprint density at radius 2 is 1.86 bits per heavy atom. The third-order valence-electron chi connectivity index (χ3n) is 5.31. The predicted octanol–water partition coefficient (Wildman–Crippen LogP) is 4.00. The van der Waals surface area contributed by atoms with Crippen molar-refractivity contribution in [2.24, 2.45) is 4.99 Å². The van der Waals surface area contributed by atoms with Crippen LogP contribution in [-0.2, 0) is 0 Å². The van der Waals surface area contributed by atoms with E-state index in [1.807, 2.05) is 36.4 Å². The van der Waals surface area contributed by atoms with E-state index < -0.39 is 17.1 Å². The summed E-state index contributed by atoms with van der Waals surface area (Å²) < 4.78 is 1.10. The predicted molar refractivity (Wildman–Crippen MR) is 115 cm³/mol. The number of fused-ring (bicyclic) bond motifs is 1. The van der Waals surface area contributed by atoms with Gasteiger partial charge in [0.05, 0.1) is 11.4 Å². The molecule has 146 valence electrons. The van der Waals surface area contributed by atoms with Gasteiger partial charge in [-0.05, 0) is 42.2 Å². The number of hydrogen-bond donors (Lipinski definition) is 2. The van der Waals surface area contributed by atoms with Crippen LogP contribution in [0.25, 0.3) is 17.3 Å². The fourth-order valence-corrected chi connectivity index (χ4v) is 3.41. The quantitative estimate of drug-likeness (QED) is 0.709. The molecule has 1 aliphatic heterocycles. The highest BCUT2D eigenvalue weighted by atomic mass is 16.3. The van der Waals surface area contributed by atoms with Crippen molar-refractivity contribution in [2.75, 3.05) is 0 Å². The Hall–Kier alpha value is -3.67. The molecule has 6 nitrogen and oxygen atoms in total. The lowest BCUT2D eigenvalue weighted by molar-refractivity contribution is 0.429. The molecule has 0 fully saturated rings. The Balaban J connectivity index is 1.83. The maximum atomic E-state index is 12.4. The van der Waals surface area contributed by atoms with Crippen molar-refractivity contribution >= 4 is 23.6 Å². The van der Waals surface area contributed by atoms with Crippen LogP contribution < -0.4 is 11.2 Å². The van der Waals surface area contributed by atoms with Gasteiger partial charge in [0, 0.05) is 17.4 Å².